The van der Waals surface area contributed by atoms with Crippen molar-refractivity contribution < 1.29 is 17.6 Å². The zero-order valence-electron chi connectivity index (χ0n) is 11.2. The second-order valence-corrected chi connectivity index (χ2v) is 6.29. The number of hydrogen-bond acceptors (Lipinski definition) is 7. The number of rotatable bonds is 4. The second kappa shape index (κ2) is 5.48. The van der Waals surface area contributed by atoms with E-state index in [-0.39, 0.29) is 5.02 Å². The van der Waals surface area contributed by atoms with E-state index in [1.54, 1.807) is 24.3 Å². The number of benzene rings is 2. The molecule has 1 heterocycles. The van der Waals surface area contributed by atoms with Gasteiger partial charge < -0.3 is 0 Å². The monoisotopic (exact) mass is 354 g/mol. The summed E-state index contributed by atoms with van der Waals surface area (Å²) in [7, 11) is -4.35. The van der Waals surface area contributed by atoms with E-state index >= 15 is 0 Å². The highest BCUT2D eigenvalue weighted by molar-refractivity contribution is 7.87. The second-order valence-electron chi connectivity index (χ2n) is 4.35. The van der Waals surface area contributed by atoms with Gasteiger partial charge >= 0.3 is 10.1 Å². The van der Waals surface area contributed by atoms with Crippen LogP contribution in [0.15, 0.2) is 47.4 Å². The van der Waals surface area contributed by atoms with E-state index in [1.807, 2.05) is 0 Å². The van der Waals surface area contributed by atoms with Gasteiger partial charge in [-0.15, -0.1) is 5.10 Å². The summed E-state index contributed by atoms with van der Waals surface area (Å²) in [5, 5.41) is 18.0. The summed E-state index contributed by atoms with van der Waals surface area (Å²) in [5.41, 5.74) is 0.226. The Morgan fingerprint density at radius 2 is 1.96 bits per heavy atom. The fourth-order valence-electron chi connectivity index (χ4n) is 1.83. The molecule has 9 nitrogen and oxygen atoms in total. The van der Waals surface area contributed by atoms with Crippen molar-refractivity contribution in [3.05, 3.63) is 57.6 Å². The Bertz CT molecular complexity index is 1020. The van der Waals surface area contributed by atoms with E-state index in [0.29, 0.717) is 11.0 Å². The first-order valence-electron chi connectivity index (χ1n) is 6.08. The van der Waals surface area contributed by atoms with Crippen LogP contribution in [0.2, 0.25) is 5.02 Å². The van der Waals surface area contributed by atoms with Crippen LogP contribution < -0.4 is 4.28 Å². The topological polar surface area (TPSA) is 117 Å². The molecular weight excluding hydrogens is 348 g/mol. The van der Waals surface area contributed by atoms with Crippen molar-refractivity contribution in [2.45, 2.75) is 4.90 Å². The van der Waals surface area contributed by atoms with Crippen LogP contribution in [-0.2, 0) is 10.1 Å². The van der Waals surface area contributed by atoms with Crippen LogP contribution in [0, 0.1) is 10.1 Å². The molecule has 3 rings (SSSR count). The Morgan fingerprint density at radius 3 is 2.70 bits per heavy atom. The van der Waals surface area contributed by atoms with Gasteiger partial charge in [-0.2, -0.15) is 8.42 Å². The van der Waals surface area contributed by atoms with Gasteiger partial charge in [0.1, 0.15) is 21.0 Å². The van der Waals surface area contributed by atoms with Crippen LogP contribution in [0.4, 0.5) is 5.69 Å². The number of halogens is 1. The number of para-hydroxylation sites is 1. The van der Waals surface area contributed by atoms with E-state index in [4.69, 9.17) is 15.9 Å². The first-order valence-corrected chi connectivity index (χ1v) is 7.86. The van der Waals surface area contributed by atoms with Crippen molar-refractivity contribution in [1.29, 1.82) is 0 Å². The molecular formula is C12H7ClN4O5S. The SMILES string of the molecule is O=[N+]([O-])c1cc(S(=O)(=O)On2nnc3ccccc32)ccc1Cl. The highest BCUT2D eigenvalue weighted by atomic mass is 35.5. The normalized spacial score (nSPS) is 11.5. The Balaban J connectivity index is 2.02. The molecule has 0 saturated heterocycles. The van der Waals surface area contributed by atoms with Crippen LogP contribution in [0.5, 0.6) is 0 Å². The van der Waals surface area contributed by atoms with Crippen molar-refractivity contribution in [1.82, 2.24) is 15.2 Å². The lowest BCUT2D eigenvalue weighted by atomic mass is 10.3. The average molecular weight is 355 g/mol. The zero-order valence-corrected chi connectivity index (χ0v) is 12.7. The molecule has 0 aliphatic carbocycles. The van der Waals surface area contributed by atoms with Crippen LogP contribution >= 0.6 is 11.6 Å². The molecule has 0 unspecified atom stereocenters. The molecule has 0 radical (unpaired) electrons. The molecule has 0 aliphatic heterocycles. The highest BCUT2D eigenvalue weighted by Crippen LogP contribution is 2.27. The summed E-state index contributed by atoms with van der Waals surface area (Å²) in [6.07, 6.45) is 0. The van der Waals surface area contributed by atoms with E-state index < -0.39 is 25.6 Å². The number of fused-ring (bicyclic) bond motifs is 1. The fraction of sp³-hybridized carbons (Fsp3) is 0. The number of hydrogen-bond donors (Lipinski definition) is 0. The van der Waals surface area contributed by atoms with Gasteiger partial charge in [0.2, 0.25) is 0 Å². The lowest BCUT2D eigenvalue weighted by Gasteiger charge is -2.06. The summed E-state index contributed by atoms with van der Waals surface area (Å²) < 4.78 is 29.4. The van der Waals surface area contributed by atoms with Crippen molar-refractivity contribution >= 4 is 38.4 Å². The van der Waals surface area contributed by atoms with E-state index in [0.717, 1.165) is 23.0 Å². The van der Waals surface area contributed by atoms with Crippen LogP contribution in [0.25, 0.3) is 11.0 Å². The highest BCUT2D eigenvalue weighted by Gasteiger charge is 2.24. The van der Waals surface area contributed by atoms with E-state index in [1.165, 1.54) is 0 Å². The molecule has 0 bridgehead atoms. The fourth-order valence-corrected chi connectivity index (χ4v) is 2.89. The third-order valence-electron chi connectivity index (χ3n) is 2.89. The van der Waals surface area contributed by atoms with Gasteiger partial charge in [0.25, 0.3) is 5.69 Å². The predicted octanol–water partition coefficient (Wildman–Crippen LogP) is 1.81. The van der Waals surface area contributed by atoms with Crippen LogP contribution in [-0.4, -0.2) is 28.5 Å². The zero-order chi connectivity index (χ0) is 16.6. The Kier molecular flexibility index (Phi) is 3.62. The largest absolute Gasteiger partial charge is 0.358 e. The van der Waals surface area contributed by atoms with Gasteiger partial charge in [-0.3, -0.25) is 14.4 Å². The van der Waals surface area contributed by atoms with Gasteiger partial charge in [-0.05, 0) is 29.5 Å². The Hall–Kier alpha value is -2.72. The van der Waals surface area contributed by atoms with Gasteiger partial charge in [-0.25, -0.2) is 0 Å². The number of aromatic nitrogens is 3. The summed E-state index contributed by atoms with van der Waals surface area (Å²) >= 11 is 5.66. The third kappa shape index (κ3) is 2.81. The maximum absolute atomic E-state index is 12.3. The maximum Gasteiger partial charge on any atom is 0.358 e. The number of nitrogens with zero attached hydrogens (tertiary/aromatic N) is 4. The Morgan fingerprint density at radius 1 is 1.22 bits per heavy atom. The van der Waals surface area contributed by atoms with Crippen LogP contribution in [0.1, 0.15) is 0 Å². The minimum atomic E-state index is -4.35. The summed E-state index contributed by atoms with van der Waals surface area (Å²) in [6.45, 7) is 0. The van der Waals surface area contributed by atoms with E-state index in [2.05, 4.69) is 10.3 Å². The van der Waals surface area contributed by atoms with Gasteiger partial charge in [0.15, 0.2) is 0 Å². The number of nitro groups is 1. The predicted molar refractivity (Wildman–Crippen MR) is 79.4 cm³/mol. The van der Waals surface area contributed by atoms with Gasteiger partial charge in [-0.1, -0.05) is 28.6 Å². The standard InChI is InChI=1S/C12H7ClN4O5S/c13-9-6-5-8(7-12(9)17(18)19)23(20,21)22-16-11-4-2-1-3-10(11)14-15-16/h1-7H. The van der Waals surface area contributed by atoms with Crippen molar-refractivity contribution in [2.24, 2.45) is 0 Å². The van der Waals surface area contributed by atoms with Crippen molar-refractivity contribution in [2.75, 3.05) is 0 Å². The Labute approximate surface area is 134 Å². The molecule has 3 aromatic rings. The first-order chi connectivity index (χ1) is 10.9. The molecule has 11 heteroatoms. The molecule has 0 N–H and O–H groups in total. The lowest BCUT2D eigenvalue weighted by Crippen LogP contribution is -2.21. The summed E-state index contributed by atoms with van der Waals surface area (Å²) in [4.78, 5) is 10.4. The molecule has 2 aromatic carbocycles. The van der Waals surface area contributed by atoms with Crippen molar-refractivity contribution in [3.63, 3.8) is 0 Å². The average Bonchev–Trinajstić information content (AvgIpc) is 2.90. The molecule has 0 saturated carbocycles. The molecule has 118 valence electrons. The van der Waals surface area contributed by atoms with Gasteiger partial charge in [0.05, 0.1) is 4.92 Å². The van der Waals surface area contributed by atoms with Gasteiger partial charge in [0, 0.05) is 6.07 Å². The molecule has 0 spiro atoms. The smallest absolute Gasteiger partial charge is 0.264 e. The summed E-state index contributed by atoms with van der Waals surface area (Å²) in [5.74, 6) is 0. The molecule has 0 amide bonds. The summed E-state index contributed by atoms with van der Waals surface area (Å²) in [6, 6.07) is 9.58. The third-order valence-corrected chi connectivity index (χ3v) is 4.38. The number of nitro benzene ring substituents is 1. The maximum atomic E-state index is 12.3. The van der Waals surface area contributed by atoms with Crippen molar-refractivity contribution in [3.8, 4) is 0 Å². The minimum absolute atomic E-state index is 0.180. The van der Waals surface area contributed by atoms with E-state index in [9.17, 15) is 18.5 Å². The molecule has 0 aliphatic rings. The minimum Gasteiger partial charge on any atom is -0.264 e. The quantitative estimate of drug-likeness (QED) is 0.518. The molecule has 1 aromatic heterocycles. The molecule has 23 heavy (non-hydrogen) atoms. The molecule has 0 atom stereocenters. The van der Waals surface area contributed by atoms with Crippen LogP contribution in [0.3, 0.4) is 0 Å². The molecule has 0 fully saturated rings. The lowest BCUT2D eigenvalue weighted by molar-refractivity contribution is -0.384. The first kappa shape index (κ1) is 15.2.